The van der Waals surface area contributed by atoms with Crippen molar-refractivity contribution in [3.05, 3.63) is 57.8 Å². The average Bonchev–Trinajstić information content (AvgIpc) is 2.84. The van der Waals surface area contributed by atoms with E-state index in [0.717, 1.165) is 18.4 Å². The van der Waals surface area contributed by atoms with Crippen LogP contribution in [0.3, 0.4) is 0 Å². The summed E-state index contributed by atoms with van der Waals surface area (Å²) in [5.41, 5.74) is 4.29. The van der Waals surface area contributed by atoms with Crippen LogP contribution in [0.4, 0.5) is 4.39 Å². The molecule has 0 heterocycles. The highest BCUT2D eigenvalue weighted by atomic mass is 79.9. The van der Waals surface area contributed by atoms with E-state index in [1.165, 1.54) is 11.1 Å². The predicted molar refractivity (Wildman–Crippen MR) is 79.7 cm³/mol. The zero-order valence-electron chi connectivity index (χ0n) is 10.7. The van der Waals surface area contributed by atoms with Crippen LogP contribution in [0, 0.1) is 5.82 Å². The van der Waals surface area contributed by atoms with Gasteiger partial charge in [-0.2, -0.15) is 0 Å². The van der Waals surface area contributed by atoms with Crippen molar-refractivity contribution in [1.82, 2.24) is 5.32 Å². The third kappa shape index (κ3) is 2.21. The SMILES string of the molecule is CNC1CCc2cc(-c3cccc(Br)c3F)ccc21. The lowest BCUT2D eigenvalue weighted by Crippen LogP contribution is -2.12. The molecule has 1 unspecified atom stereocenters. The highest BCUT2D eigenvalue weighted by molar-refractivity contribution is 9.10. The Morgan fingerprint density at radius 1 is 1.26 bits per heavy atom. The largest absolute Gasteiger partial charge is 0.313 e. The maximum absolute atomic E-state index is 14.1. The molecule has 0 amide bonds. The van der Waals surface area contributed by atoms with Gasteiger partial charge in [-0.1, -0.05) is 30.3 Å². The zero-order chi connectivity index (χ0) is 13.4. The van der Waals surface area contributed by atoms with Crippen molar-refractivity contribution in [1.29, 1.82) is 0 Å². The van der Waals surface area contributed by atoms with Crippen LogP contribution in [-0.2, 0) is 6.42 Å². The highest BCUT2D eigenvalue weighted by Gasteiger charge is 2.21. The van der Waals surface area contributed by atoms with Crippen molar-refractivity contribution in [2.75, 3.05) is 7.05 Å². The second-order valence-electron chi connectivity index (χ2n) is 4.89. The van der Waals surface area contributed by atoms with Crippen molar-refractivity contribution >= 4 is 15.9 Å². The first kappa shape index (κ1) is 12.8. The molecule has 1 N–H and O–H groups in total. The summed E-state index contributed by atoms with van der Waals surface area (Å²) in [4.78, 5) is 0. The summed E-state index contributed by atoms with van der Waals surface area (Å²) >= 11 is 3.24. The quantitative estimate of drug-likeness (QED) is 0.861. The van der Waals surface area contributed by atoms with Gasteiger partial charge in [0.05, 0.1) is 4.47 Å². The summed E-state index contributed by atoms with van der Waals surface area (Å²) in [5.74, 6) is -0.189. The second-order valence-corrected chi connectivity index (χ2v) is 5.75. The normalized spacial score (nSPS) is 17.5. The molecule has 0 aromatic heterocycles. The van der Waals surface area contributed by atoms with Gasteiger partial charge in [0.1, 0.15) is 5.82 Å². The van der Waals surface area contributed by atoms with Crippen molar-refractivity contribution < 1.29 is 4.39 Å². The minimum atomic E-state index is -0.189. The number of fused-ring (bicyclic) bond motifs is 1. The van der Waals surface area contributed by atoms with Gasteiger partial charge in [0.2, 0.25) is 0 Å². The molecule has 2 aromatic carbocycles. The Hall–Kier alpha value is -1.19. The molecule has 0 bridgehead atoms. The summed E-state index contributed by atoms with van der Waals surface area (Å²) in [5, 5.41) is 3.32. The van der Waals surface area contributed by atoms with Gasteiger partial charge in [-0.15, -0.1) is 0 Å². The number of aryl methyl sites for hydroxylation is 1. The Bertz CT molecular complexity index is 624. The molecular weight excluding hydrogens is 305 g/mol. The van der Waals surface area contributed by atoms with Gasteiger partial charge >= 0.3 is 0 Å². The van der Waals surface area contributed by atoms with E-state index < -0.39 is 0 Å². The van der Waals surface area contributed by atoms with Gasteiger partial charge in [0, 0.05) is 11.6 Å². The van der Waals surface area contributed by atoms with Gasteiger partial charge in [0.15, 0.2) is 0 Å². The number of rotatable bonds is 2. The predicted octanol–water partition coefficient (Wildman–Crippen LogP) is 4.46. The van der Waals surface area contributed by atoms with Gasteiger partial charge in [-0.3, -0.25) is 0 Å². The molecule has 1 aliphatic carbocycles. The number of hydrogen-bond acceptors (Lipinski definition) is 1. The van der Waals surface area contributed by atoms with E-state index >= 15 is 0 Å². The molecule has 2 aromatic rings. The number of hydrogen-bond donors (Lipinski definition) is 1. The van der Waals surface area contributed by atoms with E-state index in [-0.39, 0.29) is 5.82 Å². The smallest absolute Gasteiger partial charge is 0.145 e. The average molecular weight is 320 g/mol. The fraction of sp³-hybridized carbons (Fsp3) is 0.250. The fourth-order valence-corrected chi connectivity index (χ4v) is 3.18. The zero-order valence-corrected chi connectivity index (χ0v) is 12.3. The first-order valence-corrected chi connectivity index (χ1v) is 7.24. The molecule has 0 saturated carbocycles. The number of nitrogens with one attached hydrogen (secondary N) is 1. The van der Waals surface area contributed by atoms with Crippen LogP contribution >= 0.6 is 15.9 Å². The minimum Gasteiger partial charge on any atom is -0.313 e. The van der Waals surface area contributed by atoms with Gasteiger partial charge in [-0.05, 0) is 58.6 Å². The van der Waals surface area contributed by atoms with Gasteiger partial charge in [-0.25, -0.2) is 4.39 Å². The Kier molecular flexibility index (Phi) is 3.42. The van der Waals surface area contributed by atoms with Gasteiger partial charge in [0.25, 0.3) is 0 Å². The first-order valence-electron chi connectivity index (χ1n) is 6.45. The number of halogens is 2. The van der Waals surface area contributed by atoms with E-state index in [1.807, 2.05) is 25.2 Å². The van der Waals surface area contributed by atoms with Crippen molar-refractivity contribution in [2.45, 2.75) is 18.9 Å². The summed E-state index contributed by atoms with van der Waals surface area (Å²) in [6, 6.07) is 12.1. The molecule has 1 aliphatic rings. The van der Waals surface area contributed by atoms with Crippen LogP contribution in [-0.4, -0.2) is 7.05 Å². The molecule has 1 nitrogen and oxygen atoms in total. The maximum Gasteiger partial charge on any atom is 0.145 e. The van der Waals surface area contributed by atoms with E-state index in [4.69, 9.17) is 0 Å². The van der Waals surface area contributed by atoms with E-state index in [9.17, 15) is 4.39 Å². The maximum atomic E-state index is 14.1. The van der Waals surface area contributed by atoms with Crippen LogP contribution in [0.2, 0.25) is 0 Å². The second kappa shape index (κ2) is 5.06. The standard InChI is InChI=1S/C16H15BrFN/c1-19-15-8-6-10-9-11(5-7-12(10)15)13-3-2-4-14(17)16(13)18/h2-5,7,9,15,19H,6,8H2,1H3. The molecule has 19 heavy (non-hydrogen) atoms. The lowest BCUT2D eigenvalue weighted by atomic mass is 9.99. The molecule has 3 heteroatoms. The number of benzene rings is 2. The third-order valence-corrected chi connectivity index (χ3v) is 4.44. The lowest BCUT2D eigenvalue weighted by Gasteiger charge is -2.11. The Morgan fingerprint density at radius 2 is 2.11 bits per heavy atom. The molecule has 0 radical (unpaired) electrons. The van der Waals surface area contributed by atoms with Crippen LogP contribution in [0.5, 0.6) is 0 Å². The molecule has 3 rings (SSSR count). The van der Waals surface area contributed by atoms with Crippen molar-refractivity contribution in [3.63, 3.8) is 0 Å². The van der Waals surface area contributed by atoms with Crippen molar-refractivity contribution in [3.8, 4) is 11.1 Å². The molecule has 0 fully saturated rings. The van der Waals surface area contributed by atoms with Crippen LogP contribution in [0.15, 0.2) is 40.9 Å². The Labute approximate surface area is 121 Å². The van der Waals surface area contributed by atoms with E-state index in [0.29, 0.717) is 16.1 Å². The monoisotopic (exact) mass is 319 g/mol. The third-order valence-electron chi connectivity index (χ3n) is 3.83. The molecular formula is C16H15BrFN. The topological polar surface area (TPSA) is 12.0 Å². The summed E-state index contributed by atoms with van der Waals surface area (Å²) in [6.45, 7) is 0. The molecule has 1 atom stereocenters. The van der Waals surface area contributed by atoms with Crippen molar-refractivity contribution in [2.24, 2.45) is 0 Å². The summed E-state index contributed by atoms with van der Waals surface area (Å²) in [6.07, 6.45) is 2.18. The molecule has 0 saturated heterocycles. The minimum absolute atomic E-state index is 0.189. The van der Waals surface area contributed by atoms with E-state index in [1.54, 1.807) is 6.07 Å². The Balaban J connectivity index is 2.06. The summed E-state index contributed by atoms with van der Waals surface area (Å²) in [7, 11) is 1.99. The van der Waals surface area contributed by atoms with Crippen LogP contribution in [0.1, 0.15) is 23.6 Å². The Morgan fingerprint density at radius 3 is 2.89 bits per heavy atom. The van der Waals surface area contributed by atoms with Crippen LogP contribution in [0.25, 0.3) is 11.1 Å². The molecule has 0 aliphatic heterocycles. The summed E-state index contributed by atoms with van der Waals surface area (Å²) < 4.78 is 14.6. The van der Waals surface area contributed by atoms with Gasteiger partial charge < -0.3 is 5.32 Å². The molecule has 98 valence electrons. The molecule has 0 spiro atoms. The fourth-order valence-electron chi connectivity index (χ4n) is 2.81. The lowest BCUT2D eigenvalue weighted by molar-refractivity contribution is 0.590. The van der Waals surface area contributed by atoms with E-state index in [2.05, 4.69) is 33.4 Å². The van der Waals surface area contributed by atoms with Crippen LogP contribution < -0.4 is 5.32 Å². The first-order chi connectivity index (χ1) is 9.20. The highest BCUT2D eigenvalue weighted by Crippen LogP contribution is 2.35.